The van der Waals surface area contributed by atoms with E-state index in [2.05, 4.69) is 24.8 Å². The number of nitrogens with zero attached hydrogens (tertiary/aromatic N) is 4. The van der Waals surface area contributed by atoms with Crippen LogP contribution in [-0.2, 0) is 0 Å². The van der Waals surface area contributed by atoms with Gasteiger partial charge in [0, 0.05) is 55.6 Å². The van der Waals surface area contributed by atoms with Crippen molar-refractivity contribution in [1.29, 1.82) is 0 Å². The number of fused-ring (bicyclic) bond motifs is 2. The van der Waals surface area contributed by atoms with Crippen LogP contribution in [0, 0.1) is 17.5 Å². The summed E-state index contributed by atoms with van der Waals surface area (Å²) in [5.41, 5.74) is 2.65. The lowest BCUT2D eigenvalue weighted by molar-refractivity contribution is 0.193. The van der Waals surface area contributed by atoms with Gasteiger partial charge in [-0.15, -0.1) is 0 Å². The zero-order valence-electron chi connectivity index (χ0n) is 16.4. The number of hydrogen-bond donors (Lipinski definition) is 1. The highest BCUT2D eigenvalue weighted by molar-refractivity contribution is 5.91. The van der Waals surface area contributed by atoms with Crippen LogP contribution in [0.5, 0.6) is 0 Å². The predicted molar refractivity (Wildman–Crippen MR) is 110 cm³/mol. The molecule has 0 unspecified atom stereocenters. The molecule has 0 radical (unpaired) electrons. The molecule has 3 heterocycles. The van der Waals surface area contributed by atoms with E-state index in [0.717, 1.165) is 54.9 Å². The van der Waals surface area contributed by atoms with E-state index in [0.29, 0.717) is 16.9 Å². The number of rotatable bonds is 3. The zero-order valence-corrected chi connectivity index (χ0v) is 16.4. The Bertz CT molecular complexity index is 1190. The Morgan fingerprint density at radius 1 is 0.933 bits per heavy atom. The van der Waals surface area contributed by atoms with Gasteiger partial charge < -0.3 is 9.88 Å². The lowest BCUT2D eigenvalue weighted by Crippen LogP contribution is -2.47. The maximum absolute atomic E-state index is 13.8. The van der Waals surface area contributed by atoms with Gasteiger partial charge in [0.1, 0.15) is 11.6 Å². The minimum atomic E-state index is -0.900. The van der Waals surface area contributed by atoms with E-state index >= 15 is 0 Å². The molecule has 5 rings (SSSR count). The Morgan fingerprint density at radius 3 is 2.50 bits per heavy atom. The van der Waals surface area contributed by atoms with Gasteiger partial charge in [0.15, 0.2) is 11.6 Å². The van der Waals surface area contributed by atoms with Crippen molar-refractivity contribution >= 4 is 27.6 Å². The fraction of sp³-hybridized carbons (Fsp3) is 0.273. The Hall–Kier alpha value is -3.13. The first-order chi connectivity index (χ1) is 14.5. The molecule has 1 saturated heterocycles. The monoisotopic (exact) mass is 411 g/mol. The average molecular weight is 411 g/mol. The molecule has 0 saturated carbocycles. The van der Waals surface area contributed by atoms with Gasteiger partial charge in [0.2, 0.25) is 0 Å². The largest absolute Gasteiger partial charge is 0.368 e. The smallest absolute Gasteiger partial charge is 0.161 e. The number of pyridine rings is 1. The van der Waals surface area contributed by atoms with Gasteiger partial charge in [0.25, 0.3) is 0 Å². The Kier molecular flexibility index (Phi) is 4.58. The van der Waals surface area contributed by atoms with Crippen molar-refractivity contribution in [3.8, 4) is 0 Å². The van der Waals surface area contributed by atoms with E-state index in [1.54, 1.807) is 12.3 Å². The topological polar surface area (TPSA) is 48.1 Å². The fourth-order valence-electron chi connectivity index (χ4n) is 4.13. The van der Waals surface area contributed by atoms with Gasteiger partial charge in [-0.1, -0.05) is 0 Å². The Balaban J connectivity index is 1.34. The summed E-state index contributed by atoms with van der Waals surface area (Å²) in [5.74, 6) is -1.38. The summed E-state index contributed by atoms with van der Waals surface area (Å²) in [6.07, 6.45) is 1.75. The summed E-state index contributed by atoms with van der Waals surface area (Å²) < 4.78 is 40.7. The molecule has 5 nitrogen and oxygen atoms in total. The molecule has 30 heavy (non-hydrogen) atoms. The number of halogens is 3. The highest BCUT2D eigenvalue weighted by Gasteiger charge is 2.25. The summed E-state index contributed by atoms with van der Waals surface area (Å²) in [4.78, 5) is 16.4. The first-order valence-electron chi connectivity index (χ1n) is 9.87. The van der Waals surface area contributed by atoms with Crippen molar-refractivity contribution in [2.45, 2.75) is 13.0 Å². The predicted octanol–water partition coefficient (Wildman–Crippen LogP) is 4.41. The fourth-order valence-corrected chi connectivity index (χ4v) is 4.13. The van der Waals surface area contributed by atoms with Crippen LogP contribution in [-0.4, -0.2) is 46.0 Å². The van der Waals surface area contributed by atoms with E-state index in [-0.39, 0.29) is 11.9 Å². The molecule has 0 amide bonds. The first-order valence-corrected chi connectivity index (χ1v) is 9.87. The van der Waals surface area contributed by atoms with Gasteiger partial charge in [-0.3, -0.25) is 9.88 Å². The number of imidazole rings is 1. The van der Waals surface area contributed by atoms with E-state index < -0.39 is 11.6 Å². The van der Waals surface area contributed by atoms with Crippen LogP contribution in [0.15, 0.2) is 42.6 Å². The van der Waals surface area contributed by atoms with Crippen molar-refractivity contribution in [2.24, 2.45) is 0 Å². The maximum atomic E-state index is 13.8. The second-order valence-electron chi connectivity index (χ2n) is 7.60. The van der Waals surface area contributed by atoms with Crippen LogP contribution in [0.3, 0.4) is 0 Å². The van der Waals surface area contributed by atoms with Crippen molar-refractivity contribution < 1.29 is 13.2 Å². The number of piperazine rings is 1. The number of nitrogens with one attached hydrogen (secondary N) is 1. The van der Waals surface area contributed by atoms with Crippen LogP contribution in [0.25, 0.3) is 21.9 Å². The van der Waals surface area contributed by atoms with Crippen molar-refractivity contribution in [3.63, 3.8) is 0 Å². The minimum Gasteiger partial charge on any atom is -0.368 e. The molecule has 1 N–H and O–H groups in total. The van der Waals surface area contributed by atoms with Gasteiger partial charge in [-0.05, 0) is 31.2 Å². The highest BCUT2D eigenvalue weighted by Crippen LogP contribution is 2.29. The molecule has 4 aromatic rings. The molecule has 1 aliphatic rings. The molecule has 2 aromatic heterocycles. The van der Waals surface area contributed by atoms with Gasteiger partial charge in [0.05, 0.1) is 22.6 Å². The summed E-state index contributed by atoms with van der Waals surface area (Å²) >= 11 is 0. The molecule has 2 aromatic carbocycles. The molecule has 1 fully saturated rings. The lowest BCUT2D eigenvalue weighted by atomic mass is 10.1. The molecule has 1 aliphatic heterocycles. The van der Waals surface area contributed by atoms with Crippen LogP contribution < -0.4 is 4.90 Å². The van der Waals surface area contributed by atoms with E-state index in [4.69, 9.17) is 0 Å². The Labute approximate surface area is 171 Å². The van der Waals surface area contributed by atoms with Crippen LogP contribution in [0.4, 0.5) is 18.9 Å². The third kappa shape index (κ3) is 3.27. The number of aromatic nitrogens is 3. The summed E-state index contributed by atoms with van der Waals surface area (Å²) in [5, 5.41) is 0.806. The molecular weight excluding hydrogens is 391 g/mol. The summed E-state index contributed by atoms with van der Waals surface area (Å²) in [6.45, 7) is 5.12. The minimum absolute atomic E-state index is 0.0303. The normalized spacial score (nSPS) is 16.5. The number of aromatic amines is 1. The molecule has 0 aliphatic carbocycles. The van der Waals surface area contributed by atoms with E-state index in [1.807, 2.05) is 13.0 Å². The Morgan fingerprint density at radius 2 is 1.70 bits per heavy atom. The third-order valence-electron chi connectivity index (χ3n) is 5.82. The second-order valence-corrected chi connectivity index (χ2v) is 7.60. The zero-order chi connectivity index (χ0) is 20.8. The molecule has 154 valence electrons. The molecule has 8 heteroatoms. The van der Waals surface area contributed by atoms with Crippen LogP contribution in [0.2, 0.25) is 0 Å². The van der Waals surface area contributed by atoms with E-state index in [9.17, 15) is 13.2 Å². The number of benzene rings is 2. The first kappa shape index (κ1) is 18.9. The van der Waals surface area contributed by atoms with Gasteiger partial charge in [-0.25, -0.2) is 18.2 Å². The van der Waals surface area contributed by atoms with Crippen molar-refractivity contribution in [2.75, 3.05) is 31.1 Å². The van der Waals surface area contributed by atoms with E-state index in [1.165, 1.54) is 12.1 Å². The molecule has 1 atom stereocenters. The second kappa shape index (κ2) is 7.28. The lowest BCUT2D eigenvalue weighted by Gasteiger charge is -2.38. The summed E-state index contributed by atoms with van der Waals surface area (Å²) in [7, 11) is 0. The molecule has 0 bridgehead atoms. The number of H-pyrrole nitrogens is 1. The average Bonchev–Trinajstić information content (AvgIpc) is 3.16. The summed E-state index contributed by atoms with van der Waals surface area (Å²) in [6, 6.07) is 8.78. The van der Waals surface area contributed by atoms with Gasteiger partial charge >= 0.3 is 0 Å². The van der Waals surface area contributed by atoms with Crippen LogP contribution >= 0.6 is 0 Å². The SMILES string of the molecule is C[C@H](c1nc2cc(F)c(F)cc2[nH]1)N1CCN(c2ccnc3ccc(F)cc23)CC1. The third-order valence-corrected chi connectivity index (χ3v) is 5.82. The number of hydrogen-bond acceptors (Lipinski definition) is 4. The van der Waals surface area contributed by atoms with Crippen molar-refractivity contribution in [3.05, 3.63) is 65.9 Å². The molecular formula is C22H20F3N5. The maximum Gasteiger partial charge on any atom is 0.161 e. The standard InChI is InChI=1S/C22H20F3N5/c1-13(22-27-19-11-16(24)17(25)12-20(19)28-22)29-6-8-30(9-7-29)21-4-5-26-18-3-2-14(23)10-15(18)21/h2-5,10-13H,6-9H2,1H3,(H,27,28)/t13-/m1/s1. The number of anilines is 1. The van der Waals surface area contributed by atoms with Crippen molar-refractivity contribution in [1.82, 2.24) is 19.9 Å². The van der Waals surface area contributed by atoms with Crippen LogP contribution in [0.1, 0.15) is 18.8 Å². The van der Waals surface area contributed by atoms with Gasteiger partial charge in [-0.2, -0.15) is 0 Å². The quantitative estimate of drug-likeness (QED) is 0.543. The highest BCUT2D eigenvalue weighted by atomic mass is 19.2. The molecule has 0 spiro atoms.